The maximum absolute atomic E-state index is 4.25. The summed E-state index contributed by atoms with van der Waals surface area (Å²) in [5.74, 6) is 2.68. The van der Waals surface area contributed by atoms with E-state index in [2.05, 4.69) is 30.6 Å². The second kappa shape index (κ2) is 6.37. The molecule has 1 heterocycles. The van der Waals surface area contributed by atoms with Gasteiger partial charge in [-0.05, 0) is 62.6 Å². The van der Waals surface area contributed by atoms with Gasteiger partial charge < -0.3 is 5.32 Å². The molecule has 1 aliphatic carbocycles. The summed E-state index contributed by atoms with van der Waals surface area (Å²) in [6, 6.07) is 0. The van der Waals surface area contributed by atoms with Crippen LogP contribution >= 0.6 is 0 Å². The van der Waals surface area contributed by atoms with Gasteiger partial charge in [0.15, 0.2) is 0 Å². The molecule has 18 heavy (non-hydrogen) atoms. The van der Waals surface area contributed by atoms with E-state index in [0.29, 0.717) is 0 Å². The summed E-state index contributed by atoms with van der Waals surface area (Å²) in [6.45, 7) is 3.59. The van der Waals surface area contributed by atoms with Crippen LogP contribution in [0.15, 0.2) is 12.4 Å². The zero-order chi connectivity index (χ0) is 13.0. The van der Waals surface area contributed by atoms with Crippen LogP contribution in [-0.4, -0.2) is 23.4 Å². The van der Waals surface area contributed by atoms with Gasteiger partial charge in [0.2, 0.25) is 0 Å². The molecule has 0 amide bonds. The predicted octanol–water partition coefficient (Wildman–Crippen LogP) is 2.62. The van der Waals surface area contributed by atoms with Crippen LogP contribution in [0, 0.1) is 17.8 Å². The van der Waals surface area contributed by atoms with E-state index in [9.17, 15) is 0 Å². The molecule has 1 fully saturated rings. The fourth-order valence-corrected chi connectivity index (χ4v) is 3.40. The zero-order valence-electron chi connectivity index (χ0n) is 12.0. The van der Waals surface area contributed by atoms with Crippen LogP contribution in [0.5, 0.6) is 0 Å². The number of nitrogens with zero attached hydrogens (tertiary/aromatic N) is 2. The van der Waals surface area contributed by atoms with Gasteiger partial charge in [0, 0.05) is 13.2 Å². The lowest BCUT2D eigenvalue weighted by molar-refractivity contribution is 0.177. The number of aromatic nitrogens is 2. The lowest BCUT2D eigenvalue weighted by Crippen LogP contribution is -2.31. The molecule has 1 N–H and O–H groups in total. The molecule has 0 aliphatic heterocycles. The summed E-state index contributed by atoms with van der Waals surface area (Å²) >= 11 is 0. The zero-order valence-corrected chi connectivity index (χ0v) is 12.0. The third-order valence-electron chi connectivity index (χ3n) is 4.43. The van der Waals surface area contributed by atoms with Crippen molar-refractivity contribution < 1.29 is 0 Å². The summed E-state index contributed by atoms with van der Waals surface area (Å²) in [4.78, 5) is 0. The molecular weight excluding hydrogens is 222 g/mol. The van der Waals surface area contributed by atoms with E-state index in [4.69, 9.17) is 0 Å². The van der Waals surface area contributed by atoms with Gasteiger partial charge >= 0.3 is 0 Å². The summed E-state index contributed by atoms with van der Waals surface area (Å²) in [5, 5.41) is 7.62. The van der Waals surface area contributed by atoms with Crippen molar-refractivity contribution >= 4 is 0 Å². The number of hydrogen-bond donors (Lipinski definition) is 1. The lowest BCUT2D eigenvalue weighted by Gasteiger charge is -2.35. The first-order chi connectivity index (χ1) is 8.69. The molecule has 102 valence electrons. The Hall–Kier alpha value is -0.830. The van der Waals surface area contributed by atoms with Crippen LogP contribution in [0.1, 0.15) is 38.2 Å². The molecule has 0 saturated heterocycles. The number of aryl methyl sites for hydroxylation is 2. The van der Waals surface area contributed by atoms with Crippen molar-refractivity contribution in [3.8, 4) is 0 Å². The van der Waals surface area contributed by atoms with Crippen LogP contribution < -0.4 is 5.32 Å². The van der Waals surface area contributed by atoms with Crippen molar-refractivity contribution in [3.05, 3.63) is 18.0 Å². The van der Waals surface area contributed by atoms with Gasteiger partial charge in [-0.2, -0.15) is 5.10 Å². The minimum Gasteiger partial charge on any atom is -0.319 e. The highest BCUT2D eigenvalue weighted by molar-refractivity contribution is 5.04. The molecule has 1 aromatic heterocycles. The Bertz CT molecular complexity index is 358. The highest BCUT2D eigenvalue weighted by Crippen LogP contribution is 2.36. The molecule has 3 heteroatoms. The normalized spacial score (nSPS) is 28.5. The van der Waals surface area contributed by atoms with E-state index in [1.807, 2.05) is 17.9 Å². The molecule has 0 spiro atoms. The first-order valence-corrected chi connectivity index (χ1v) is 7.31. The topological polar surface area (TPSA) is 29.9 Å². The van der Waals surface area contributed by atoms with Crippen molar-refractivity contribution in [1.29, 1.82) is 0 Å². The Labute approximate surface area is 111 Å². The van der Waals surface area contributed by atoms with Crippen LogP contribution in [0.2, 0.25) is 0 Å². The van der Waals surface area contributed by atoms with Gasteiger partial charge in [0.1, 0.15) is 0 Å². The van der Waals surface area contributed by atoms with Gasteiger partial charge in [-0.25, -0.2) is 0 Å². The quantitative estimate of drug-likeness (QED) is 0.869. The van der Waals surface area contributed by atoms with Crippen molar-refractivity contribution in [2.24, 2.45) is 24.8 Å². The van der Waals surface area contributed by atoms with E-state index in [-0.39, 0.29) is 0 Å². The standard InChI is InChI=1S/C15H27N3/c1-12-4-6-15(10-16-2)14(8-12)7-5-13-9-17-18(3)11-13/h9,11-12,14-16H,4-8,10H2,1-3H3. The summed E-state index contributed by atoms with van der Waals surface area (Å²) < 4.78 is 1.91. The Morgan fingerprint density at radius 2 is 2.22 bits per heavy atom. The van der Waals surface area contributed by atoms with Crippen molar-refractivity contribution in [1.82, 2.24) is 15.1 Å². The summed E-state index contributed by atoms with van der Waals surface area (Å²) in [5.41, 5.74) is 1.39. The molecule has 2 rings (SSSR count). The van der Waals surface area contributed by atoms with Gasteiger partial charge in [0.25, 0.3) is 0 Å². The van der Waals surface area contributed by atoms with E-state index in [0.717, 1.165) is 17.8 Å². The van der Waals surface area contributed by atoms with Gasteiger partial charge in [-0.15, -0.1) is 0 Å². The third kappa shape index (κ3) is 3.58. The Kier molecular flexibility index (Phi) is 4.81. The van der Waals surface area contributed by atoms with Crippen LogP contribution in [0.4, 0.5) is 0 Å². The molecule has 1 aromatic rings. The molecule has 1 saturated carbocycles. The van der Waals surface area contributed by atoms with Crippen LogP contribution in [0.3, 0.4) is 0 Å². The smallest absolute Gasteiger partial charge is 0.0521 e. The number of rotatable bonds is 5. The van der Waals surface area contributed by atoms with E-state index in [1.54, 1.807) is 0 Å². The van der Waals surface area contributed by atoms with E-state index < -0.39 is 0 Å². The number of nitrogens with one attached hydrogen (secondary N) is 1. The molecule has 0 radical (unpaired) electrons. The van der Waals surface area contributed by atoms with E-state index >= 15 is 0 Å². The second-order valence-electron chi connectivity index (χ2n) is 6.06. The SMILES string of the molecule is CNCC1CCC(C)CC1CCc1cnn(C)c1. The minimum atomic E-state index is 0.878. The molecule has 3 atom stereocenters. The highest BCUT2D eigenvalue weighted by Gasteiger charge is 2.27. The van der Waals surface area contributed by atoms with Crippen molar-refractivity contribution in [2.75, 3.05) is 13.6 Å². The monoisotopic (exact) mass is 249 g/mol. The molecule has 0 bridgehead atoms. The number of hydrogen-bond acceptors (Lipinski definition) is 2. The molecule has 1 aliphatic rings. The maximum atomic E-state index is 4.25. The fourth-order valence-electron chi connectivity index (χ4n) is 3.40. The summed E-state index contributed by atoms with van der Waals surface area (Å²) in [7, 11) is 4.08. The lowest BCUT2D eigenvalue weighted by atomic mass is 9.72. The Morgan fingerprint density at radius 3 is 2.89 bits per heavy atom. The van der Waals surface area contributed by atoms with Crippen LogP contribution in [0.25, 0.3) is 0 Å². The van der Waals surface area contributed by atoms with Crippen molar-refractivity contribution in [3.63, 3.8) is 0 Å². The predicted molar refractivity (Wildman–Crippen MR) is 75.5 cm³/mol. The first kappa shape index (κ1) is 13.6. The molecule has 0 aromatic carbocycles. The Balaban J connectivity index is 1.87. The van der Waals surface area contributed by atoms with Gasteiger partial charge in [0.05, 0.1) is 6.20 Å². The maximum Gasteiger partial charge on any atom is 0.0521 e. The fraction of sp³-hybridized carbons (Fsp3) is 0.800. The largest absolute Gasteiger partial charge is 0.319 e. The van der Waals surface area contributed by atoms with E-state index in [1.165, 1.54) is 44.2 Å². The van der Waals surface area contributed by atoms with Crippen molar-refractivity contribution in [2.45, 2.75) is 39.0 Å². The third-order valence-corrected chi connectivity index (χ3v) is 4.43. The summed E-state index contributed by atoms with van der Waals surface area (Å²) in [6.07, 6.45) is 10.9. The highest BCUT2D eigenvalue weighted by atomic mass is 15.2. The Morgan fingerprint density at radius 1 is 1.39 bits per heavy atom. The molecule has 3 nitrogen and oxygen atoms in total. The van der Waals surface area contributed by atoms with Crippen LogP contribution in [-0.2, 0) is 13.5 Å². The average molecular weight is 249 g/mol. The van der Waals surface area contributed by atoms with Gasteiger partial charge in [-0.3, -0.25) is 4.68 Å². The second-order valence-corrected chi connectivity index (χ2v) is 6.06. The van der Waals surface area contributed by atoms with Gasteiger partial charge in [-0.1, -0.05) is 13.3 Å². The molecular formula is C15H27N3. The molecule has 3 unspecified atom stereocenters. The first-order valence-electron chi connectivity index (χ1n) is 7.31. The minimum absolute atomic E-state index is 0.878. The average Bonchev–Trinajstić information content (AvgIpc) is 2.76.